The number of rotatable bonds is 5. The molecule has 1 aromatic carbocycles. The zero-order valence-corrected chi connectivity index (χ0v) is 16.3. The van der Waals surface area contributed by atoms with Crippen molar-refractivity contribution in [1.29, 1.82) is 0 Å². The van der Waals surface area contributed by atoms with E-state index < -0.39 is 0 Å². The lowest BCUT2D eigenvalue weighted by Crippen LogP contribution is -2.47. The van der Waals surface area contributed by atoms with Crippen molar-refractivity contribution in [3.63, 3.8) is 0 Å². The highest BCUT2D eigenvalue weighted by Crippen LogP contribution is 2.19. The molecule has 3 heterocycles. The Labute approximate surface area is 165 Å². The van der Waals surface area contributed by atoms with E-state index in [0.717, 1.165) is 43.6 Å². The molecule has 0 atom stereocenters. The molecule has 1 N–H and O–H groups in total. The summed E-state index contributed by atoms with van der Waals surface area (Å²) in [7, 11) is 0. The number of hydrogen-bond donors (Lipinski definition) is 1. The van der Waals surface area contributed by atoms with Crippen LogP contribution >= 0.6 is 0 Å². The zero-order chi connectivity index (χ0) is 19.3. The number of aromatic nitrogens is 4. The summed E-state index contributed by atoms with van der Waals surface area (Å²) in [6.07, 6.45) is 3.57. The Hall–Kier alpha value is -3.22. The van der Waals surface area contributed by atoms with E-state index in [0.29, 0.717) is 12.5 Å². The number of piperazine rings is 1. The highest BCUT2D eigenvalue weighted by atomic mass is 15.3. The molecule has 3 aromatic rings. The van der Waals surface area contributed by atoms with Gasteiger partial charge in [-0.25, -0.2) is 15.0 Å². The second kappa shape index (κ2) is 8.21. The molecule has 0 saturated carbocycles. The Morgan fingerprint density at radius 1 is 0.893 bits per heavy atom. The lowest BCUT2D eigenvalue weighted by atomic mass is 10.1. The van der Waals surface area contributed by atoms with Crippen molar-refractivity contribution in [1.82, 2.24) is 19.9 Å². The monoisotopic (exact) mass is 375 g/mol. The number of nitrogens with one attached hydrogen (secondary N) is 1. The van der Waals surface area contributed by atoms with Gasteiger partial charge in [0.2, 0.25) is 11.9 Å². The van der Waals surface area contributed by atoms with Gasteiger partial charge in [0, 0.05) is 56.9 Å². The van der Waals surface area contributed by atoms with E-state index in [9.17, 15) is 0 Å². The summed E-state index contributed by atoms with van der Waals surface area (Å²) in [5, 5.41) is 3.38. The first-order valence-electron chi connectivity index (χ1n) is 9.60. The fourth-order valence-corrected chi connectivity index (χ4v) is 3.37. The number of hydrogen-bond acceptors (Lipinski definition) is 7. The van der Waals surface area contributed by atoms with Crippen LogP contribution in [-0.2, 0) is 6.54 Å². The molecule has 28 heavy (non-hydrogen) atoms. The van der Waals surface area contributed by atoms with Crippen molar-refractivity contribution in [2.45, 2.75) is 20.4 Å². The molecule has 1 saturated heterocycles. The van der Waals surface area contributed by atoms with Crippen LogP contribution in [-0.4, -0.2) is 46.1 Å². The van der Waals surface area contributed by atoms with Gasteiger partial charge in [-0.15, -0.1) is 0 Å². The summed E-state index contributed by atoms with van der Waals surface area (Å²) < 4.78 is 0. The first-order chi connectivity index (χ1) is 13.7. The third kappa shape index (κ3) is 4.19. The van der Waals surface area contributed by atoms with Crippen LogP contribution in [0.15, 0.2) is 48.8 Å². The van der Waals surface area contributed by atoms with Gasteiger partial charge >= 0.3 is 0 Å². The van der Waals surface area contributed by atoms with E-state index in [2.05, 4.69) is 61.3 Å². The van der Waals surface area contributed by atoms with E-state index in [-0.39, 0.29) is 0 Å². The molecule has 1 aliphatic rings. The minimum absolute atomic E-state index is 0.673. The van der Waals surface area contributed by atoms with Crippen molar-refractivity contribution in [3.05, 3.63) is 65.6 Å². The minimum atomic E-state index is 0.673. The van der Waals surface area contributed by atoms with Crippen molar-refractivity contribution in [2.24, 2.45) is 0 Å². The quantitative estimate of drug-likeness (QED) is 0.735. The maximum Gasteiger partial charge on any atom is 0.225 e. The van der Waals surface area contributed by atoms with Crippen LogP contribution in [0, 0.1) is 13.8 Å². The Bertz CT molecular complexity index is 921. The van der Waals surface area contributed by atoms with Gasteiger partial charge in [-0.05, 0) is 31.0 Å². The van der Waals surface area contributed by atoms with Gasteiger partial charge in [-0.3, -0.25) is 0 Å². The maximum absolute atomic E-state index is 4.75. The number of benzene rings is 1. The third-order valence-electron chi connectivity index (χ3n) is 4.98. The average Bonchev–Trinajstić information content (AvgIpc) is 2.74. The van der Waals surface area contributed by atoms with Crippen LogP contribution in [0.1, 0.15) is 16.8 Å². The smallest absolute Gasteiger partial charge is 0.225 e. The van der Waals surface area contributed by atoms with E-state index in [1.165, 1.54) is 11.1 Å². The minimum Gasteiger partial charge on any atom is -0.353 e. The Morgan fingerprint density at radius 3 is 2.36 bits per heavy atom. The number of nitrogens with zero attached hydrogens (tertiary/aromatic N) is 6. The summed E-state index contributed by atoms with van der Waals surface area (Å²) in [6, 6.07) is 12.3. The van der Waals surface area contributed by atoms with E-state index >= 15 is 0 Å². The molecule has 1 aliphatic heterocycles. The molecule has 144 valence electrons. The highest BCUT2D eigenvalue weighted by Gasteiger charge is 2.20. The largest absolute Gasteiger partial charge is 0.353 e. The molecular formula is C21H25N7. The van der Waals surface area contributed by atoms with Gasteiger partial charge in [0.05, 0.1) is 0 Å². The normalized spacial score (nSPS) is 14.2. The van der Waals surface area contributed by atoms with E-state index in [1.807, 2.05) is 19.1 Å². The third-order valence-corrected chi connectivity index (χ3v) is 4.98. The molecule has 7 heteroatoms. The Kier molecular flexibility index (Phi) is 5.32. The van der Waals surface area contributed by atoms with Crippen molar-refractivity contribution in [3.8, 4) is 0 Å². The van der Waals surface area contributed by atoms with Gasteiger partial charge in [0.15, 0.2) is 0 Å². The molecule has 0 unspecified atom stereocenters. The van der Waals surface area contributed by atoms with Crippen molar-refractivity contribution in [2.75, 3.05) is 41.3 Å². The molecule has 1 fully saturated rings. The maximum atomic E-state index is 4.75. The fourth-order valence-electron chi connectivity index (χ4n) is 3.37. The van der Waals surface area contributed by atoms with Crippen LogP contribution in [0.4, 0.5) is 17.7 Å². The number of anilines is 3. The van der Waals surface area contributed by atoms with Crippen LogP contribution in [0.25, 0.3) is 0 Å². The standard InChI is InChI=1S/C21H25N7/c1-16-6-3-4-7-18(16)15-24-20-25-17(2)14-19(26-20)27-10-12-28(13-11-27)21-22-8-5-9-23-21/h3-9,14H,10-13,15H2,1-2H3,(H,24,25,26). The predicted octanol–water partition coefficient (Wildman–Crippen LogP) is 2.82. The topological polar surface area (TPSA) is 70.1 Å². The molecule has 0 amide bonds. The first-order valence-corrected chi connectivity index (χ1v) is 9.60. The van der Waals surface area contributed by atoms with Crippen molar-refractivity contribution < 1.29 is 0 Å². The molecule has 2 aromatic heterocycles. The highest BCUT2D eigenvalue weighted by molar-refractivity contribution is 5.47. The molecule has 7 nitrogen and oxygen atoms in total. The number of aryl methyl sites for hydroxylation is 2. The zero-order valence-electron chi connectivity index (χ0n) is 16.3. The molecule has 0 radical (unpaired) electrons. The average molecular weight is 375 g/mol. The predicted molar refractivity (Wildman–Crippen MR) is 112 cm³/mol. The second-order valence-corrected chi connectivity index (χ2v) is 6.99. The Morgan fingerprint density at radius 2 is 1.61 bits per heavy atom. The lowest BCUT2D eigenvalue weighted by Gasteiger charge is -2.35. The van der Waals surface area contributed by atoms with Crippen LogP contribution < -0.4 is 15.1 Å². The van der Waals surface area contributed by atoms with Gasteiger partial charge < -0.3 is 15.1 Å². The summed E-state index contributed by atoms with van der Waals surface area (Å²) in [5.41, 5.74) is 3.49. The SMILES string of the molecule is Cc1cc(N2CCN(c3ncccn3)CC2)nc(NCc2ccccc2C)n1. The molecule has 4 rings (SSSR count). The van der Waals surface area contributed by atoms with Gasteiger partial charge in [-0.1, -0.05) is 24.3 Å². The Balaban J connectivity index is 1.42. The van der Waals surface area contributed by atoms with Crippen molar-refractivity contribution >= 4 is 17.7 Å². The van der Waals surface area contributed by atoms with Gasteiger partial charge in [0.25, 0.3) is 0 Å². The van der Waals surface area contributed by atoms with Crippen LogP contribution in [0.5, 0.6) is 0 Å². The van der Waals surface area contributed by atoms with E-state index in [4.69, 9.17) is 4.98 Å². The van der Waals surface area contributed by atoms with Gasteiger partial charge in [0.1, 0.15) is 5.82 Å². The lowest BCUT2D eigenvalue weighted by molar-refractivity contribution is 0.634. The molecular weight excluding hydrogens is 350 g/mol. The van der Waals surface area contributed by atoms with Crippen LogP contribution in [0.3, 0.4) is 0 Å². The molecule has 0 spiro atoms. The molecule has 0 bridgehead atoms. The van der Waals surface area contributed by atoms with E-state index in [1.54, 1.807) is 12.4 Å². The summed E-state index contributed by atoms with van der Waals surface area (Å²) >= 11 is 0. The second-order valence-electron chi connectivity index (χ2n) is 6.99. The summed E-state index contributed by atoms with van der Waals surface area (Å²) in [6.45, 7) is 8.36. The van der Waals surface area contributed by atoms with Gasteiger partial charge in [-0.2, -0.15) is 4.98 Å². The fraction of sp³-hybridized carbons (Fsp3) is 0.333. The summed E-state index contributed by atoms with van der Waals surface area (Å²) in [4.78, 5) is 22.5. The van der Waals surface area contributed by atoms with Crippen LogP contribution in [0.2, 0.25) is 0 Å². The summed E-state index contributed by atoms with van der Waals surface area (Å²) in [5.74, 6) is 2.43. The molecule has 0 aliphatic carbocycles. The first kappa shape index (κ1) is 18.2.